The average Bonchev–Trinajstić information content (AvgIpc) is 3.44. The zero-order chi connectivity index (χ0) is 59.9. The predicted octanol–water partition coefficient (Wildman–Crippen LogP) is 16.6. The first-order valence-corrected chi connectivity index (χ1v) is 35.0. The molecule has 0 aliphatic heterocycles. The number of aliphatic hydroxyl groups excluding tert-OH is 1. The number of unbranched alkanes of at least 4 members (excludes halogenated alkanes) is 28. The van der Waals surface area contributed by atoms with Crippen LogP contribution in [0, 0.1) is 5.92 Å². The molecular weight excluding hydrogens is 1080 g/mol. The van der Waals surface area contributed by atoms with Crippen LogP contribution in [0.2, 0.25) is 0 Å². The van der Waals surface area contributed by atoms with Gasteiger partial charge >= 0.3 is 39.5 Å². The fraction of sp³-hybridized carbons (Fsp3) is 0.871. The number of hydrogen-bond acceptors (Lipinski definition) is 15. The lowest BCUT2D eigenvalue weighted by atomic mass is 10.00. The first kappa shape index (κ1) is 78.5. The summed E-state index contributed by atoms with van der Waals surface area (Å²) >= 11 is 0. The Bertz CT molecular complexity index is 1680. The molecule has 0 heterocycles. The highest BCUT2D eigenvalue weighted by Crippen LogP contribution is 2.45. The highest BCUT2D eigenvalue weighted by atomic mass is 31.2. The molecule has 3 unspecified atom stereocenters. The summed E-state index contributed by atoms with van der Waals surface area (Å²) in [5.41, 5.74) is 0. The Morgan fingerprint density at radius 1 is 0.395 bits per heavy atom. The monoisotopic (exact) mass is 1190 g/mol. The Labute approximate surface area is 491 Å². The van der Waals surface area contributed by atoms with Crippen molar-refractivity contribution in [2.24, 2.45) is 5.92 Å². The number of phosphoric ester groups is 2. The maximum absolute atomic E-state index is 12.9. The summed E-state index contributed by atoms with van der Waals surface area (Å²) in [4.78, 5) is 71.8. The van der Waals surface area contributed by atoms with Crippen LogP contribution < -0.4 is 0 Å². The smallest absolute Gasteiger partial charge is 0.462 e. The van der Waals surface area contributed by atoms with Crippen molar-refractivity contribution in [3.63, 3.8) is 0 Å². The number of esters is 4. The van der Waals surface area contributed by atoms with Gasteiger partial charge in [0, 0.05) is 25.7 Å². The van der Waals surface area contributed by atoms with E-state index in [2.05, 4.69) is 58.9 Å². The minimum atomic E-state index is -4.95. The summed E-state index contributed by atoms with van der Waals surface area (Å²) in [6, 6.07) is 0. The van der Waals surface area contributed by atoms with Gasteiger partial charge in [0.15, 0.2) is 12.2 Å². The number of phosphoric acid groups is 2. The largest absolute Gasteiger partial charge is 0.472 e. The number of ether oxygens (including phenoxy) is 4. The Morgan fingerprint density at radius 2 is 0.691 bits per heavy atom. The van der Waals surface area contributed by atoms with Crippen LogP contribution in [-0.4, -0.2) is 96.7 Å². The molecule has 6 atom stereocenters. The van der Waals surface area contributed by atoms with E-state index in [0.717, 1.165) is 115 Å². The van der Waals surface area contributed by atoms with Gasteiger partial charge in [0.2, 0.25) is 0 Å². The van der Waals surface area contributed by atoms with Crippen molar-refractivity contribution in [1.82, 2.24) is 0 Å². The third-order valence-electron chi connectivity index (χ3n) is 14.0. The van der Waals surface area contributed by atoms with Crippen molar-refractivity contribution in [2.45, 2.75) is 303 Å². The van der Waals surface area contributed by atoms with Crippen LogP contribution in [0.4, 0.5) is 0 Å². The van der Waals surface area contributed by atoms with Gasteiger partial charge in [-0.2, -0.15) is 0 Å². The molecule has 17 nitrogen and oxygen atoms in total. The zero-order valence-corrected chi connectivity index (χ0v) is 53.2. The van der Waals surface area contributed by atoms with Gasteiger partial charge in [-0.05, 0) is 57.3 Å². The number of carbonyl (C=O) groups is 4. The second kappa shape index (κ2) is 55.4. The third-order valence-corrected chi connectivity index (χ3v) is 15.9. The molecule has 0 saturated heterocycles. The Kier molecular flexibility index (Phi) is 53.7. The number of allylic oxidation sites excluding steroid dienone is 4. The normalized spacial score (nSPS) is 14.8. The predicted molar refractivity (Wildman–Crippen MR) is 321 cm³/mol. The maximum atomic E-state index is 12.9. The van der Waals surface area contributed by atoms with E-state index in [9.17, 15) is 43.2 Å². The molecule has 0 bridgehead atoms. The molecular formula is C62H116O17P2. The van der Waals surface area contributed by atoms with Crippen LogP contribution in [0.25, 0.3) is 0 Å². The van der Waals surface area contributed by atoms with Crippen molar-refractivity contribution < 1.29 is 80.2 Å². The third kappa shape index (κ3) is 55.2. The van der Waals surface area contributed by atoms with Gasteiger partial charge in [0.1, 0.15) is 19.3 Å². The molecule has 0 aliphatic carbocycles. The number of carbonyl (C=O) groups excluding carboxylic acids is 4. The van der Waals surface area contributed by atoms with Gasteiger partial charge in [-0.1, -0.05) is 232 Å². The Hall–Kier alpha value is -2.46. The van der Waals surface area contributed by atoms with Gasteiger partial charge in [-0.25, -0.2) is 9.13 Å². The lowest BCUT2D eigenvalue weighted by Gasteiger charge is -2.21. The SMILES string of the molecule is CCCCCC/C=C\C=C/CCCCCCCC(=O)O[C@H](COC(=O)CCCCCCCCCCCCC)COP(=O)(O)OC[C@@H](O)COP(=O)(O)OC[C@@H](COC(=O)CCCCCCC)OC(=O)CCCCCCCCC(C)CC. The molecule has 0 radical (unpaired) electrons. The minimum Gasteiger partial charge on any atom is -0.462 e. The van der Waals surface area contributed by atoms with Crippen LogP contribution >= 0.6 is 15.6 Å². The van der Waals surface area contributed by atoms with Gasteiger partial charge in [0.05, 0.1) is 26.4 Å². The van der Waals surface area contributed by atoms with Gasteiger partial charge in [-0.15, -0.1) is 0 Å². The second-order valence-corrected chi connectivity index (χ2v) is 24.9. The number of aliphatic hydroxyl groups is 1. The molecule has 476 valence electrons. The van der Waals surface area contributed by atoms with Crippen molar-refractivity contribution >= 4 is 39.5 Å². The van der Waals surface area contributed by atoms with E-state index < -0.39 is 97.5 Å². The molecule has 0 aromatic carbocycles. The molecule has 0 spiro atoms. The van der Waals surface area contributed by atoms with Gasteiger partial charge < -0.3 is 33.8 Å². The van der Waals surface area contributed by atoms with Crippen molar-refractivity contribution in [1.29, 1.82) is 0 Å². The lowest BCUT2D eigenvalue weighted by Crippen LogP contribution is -2.30. The molecule has 0 fully saturated rings. The van der Waals surface area contributed by atoms with Crippen LogP contribution in [-0.2, 0) is 65.4 Å². The fourth-order valence-corrected chi connectivity index (χ4v) is 10.2. The standard InChI is InChI=1S/C62H116O17P2/c1-6-10-13-16-18-20-22-23-24-25-27-29-31-37-42-47-61(66)78-58(52-73-60(65)46-41-36-30-28-26-21-19-17-14-11-7-2)54-77-81(70,71)75-50-56(63)49-74-80(68,69)76-53-57(51-72-59(64)45-40-34-15-12-8-3)79-62(67)48-43-38-33-32-35-39-44-55(5)9-4/h20,22-24,55-58,63H,6-19,21,25-54H2,1-5H3,(H,68,69)(H,70,71)/b22-20-,24-23-/t55?,56-,57+,58+/m0/s1. The van der Waals surface area contributed by atoms with E-state index in [1.807, 2.05) is 0 Å². The van der Waals surface area contributed by atoms with E-state index in [-0.39, 0.29) is 25.7 Å². The van der Waals surface area contributed by atoms with E-state index in [4.69, 9.17) is 37.0 Å². The molecule has 0 rings (SSSR count). The van der Waals surface area contributed by atoms with Crippen LogP contribution in [0.5, 0.6) is 0 Å². The van der Waals surface area contributed by atoms with Gasteiger partial charge in [0.25, 0.3) is 0 Å². The van der Waals surface area contributed by atoms with Crippen molar-refractivity contribution in [2.75, 3.05) is 39.6 Å². The summed E-state index contributed by atoms with van der Waals surface area (Å²) in [7, 11) is -9.89. The van der Waals surface area contributed by atoms with E-state index in [0.29, 0.717) is 25.7 Å². The van der Waals surface area contributed by atoms with E-state index >= 15 is 0 Å². The molecule has 0 amide bonds. The molecule has 3 N–H and O–H groups in total. The second-order valence-electron chi connectivity index (χ2n) is 22.0. The number of rotatable bonds is 60. The molecule has 19 heteroatoms. The fourth-order valence-electron chi connectivity index (χ4n) is 8.66. The highest BCUT2D eigenvalue weighted by Gasteiger charge is 2.30. The topological polar surface area (TPSA) is 237 Å². The van der Waals surface area contributed by atoms with Crippen LogP contribution in [0.15, 0.2) is 24.3 Å². The zero-order valence-electron chi connectivity index (χ0n) is 51.4. The summed E-state index contributed by atoms with van der Waals surface area (Å²) in [5.74, 6) is -1.46. The first-order chi connectivity index (χ1) is 39.1. The molecule has 81 heavy (non-hydrogen) atoms. The lowest BCUT2D eigenvalue weighted by molar-refractivity contribution is -0.161. The summed E-state index contributed by atoms with van der Waals surface area (Å²) in [5, 5.41) is 10.5. The first-order valence-electron chi connectivity index (χ1n) is 32.0. The van der Waals surface area contributed by atoms with Crippen LogP contribution in [0.3, 0.4) is 0 Å². The highest BCUT2D eigenvalue weighted by molar-refractivity contribution is 7.47. The minimum absolute atomic E-state index is 0.0849. The van der Waals surface area contributed by atoms with Crippen molar-refractivity contribution in [3.05, 3.63) is 24.3 Å². The quantitative estimate of drug-likeness (QED) is 0.0169. The summed E-state index contributed by atoms with van der Waals surface area (Å²) in [6.45, 7) is 6.97. The average molecular weight is 1200 g/mol. The maximum Gasteiger partial charge on any atom is 0.472 e. The van der Waals surface area contributed by atoms with E-state index in [1.165, 1.54) is 89.9 Å². The van der Waals surface area contributed by atoms with Gasteiger partial charge in [-0.3, -0.25) is 37.3 Å². The molecule has 0 aliphatic rings. The van der Waals surface area contributed by atoms with Crippen LogP contribution in [0.1, 0.15) is 285 Å². The number of hydrogen-bond donors (Lipinski definition) is 3. The summed E-state index contributed by atoms with van der Waals surface area (Å²) < 4.78 is 67.7. The molecule has 0 saturated carbocycles. The summed E-state index contributed by atoms with van der Waals surface area (Å²) in [6.07, 6.45) is 41.5. The molecule has 0 aromatic rings. The Balaban J connectivity index is 5.22. The van der Waals surface area contributed by atoms with E-state index in [1.54, 1.807) is 0 Å². The molecule has 0 aromatic heterocycles. The Morgan fingerprint density at radius 3 is 1.05 bits per heavy atom. The van der Waals surface area contributed by atoms with Crippen molar-refractivity contribution in [3.8, 4) is 0 Å².